The first-order valence-corrected chi connectivity index (χ1v) is 11.4. The molecule has 9 heteroatoms. The van der Waals surface area contributed by atoms with E-state index in [4.69, 9.17) is 9.97 Å². The Morgan fingerprint density at radius 3 is 2.82 bits per heavy atom. The minimum absolute atomic E-state index is 0.202. The van der Waals surface area contributed by atoms with Gasteiger partial charge >= 0.3 is 0 Å². The monoisotopic (exact) mass is 441 g/mol. The molecule has 6 rings (SSSR count). The number of nitrogens with zero attached hydrogens (tertiary/aromatic N) is 7. The van der Waals surface area contributed by atoms with Gasteiger partial charge in [0.05, 0.1) is 36.4 Å². The molecule has 168 valence electrons. The molecule has 1 aromatic carbocycles. The van der Waals surface area contributed by atoms with Crippen molar-refractivity contribution in [3.8, 4) is 0 Å². The van der Waals surface area contributed by atoms with Crippen LogP contribution in [0, 0.1) is 0 Å². The van der Waals surface area contributed by atoms with Gasteiger partial charge in [-0.15, -0.1) is 0 Å². The highest BCUT2D eigenvalue weighted by Crippen LogP contribution is 2.28. The first kappa shape index (κ1) is 19.9. The van der Waals surface area contributed by atoms with E-state index in [0.717, 1.165) is 73.4 Å². The van der Waals surface area contributed by atoms with Crippen molar-refractivity contribution in [2.45, 2.75) is 12.3 Å². The number of rotatable bonds is 5. The summed E-state index contributed by atoms with van der Waals surface area (Å²) in [7, 11) is 2.00. The van der Waals surface area contributed by atoms with E-state index in [9.17, 15) is 0 Å². The zero-order valence-corrected chi connectivity index (χ0v) is 18.6. The number of hydrogen-bond acceptors (Lipinski definition) is 8. The van der Waals surface area contributed by atoms with Crippen LogP contribution in [0.15, 0.2) is 52.8 Å². The lowest BCUT2D eigenvalue weighted by Crippen LogP contribution is -2.22. The quantitative estimate of drug-likeness (QED) is 0.633. The average Bonchev–Trinajstić information content (AvgIpc) is 3.61. The van der Waals surface area contributed by atoms with E-state index < -0.39 is 0 Å². The molecular weight excluding hydrogens is 414 g/mol. The second kappa shape index (κ2) is 8.32. The normalized spacial score (nSPS) is 20.2. The summed E-state index contributed by atoms with van der Waals surface area (Å²) in [5, 5.41) is 13.4. The Kier molecular flexibility index (Phi) is 5.03. The zero-order valence-electron chi connectivity index (χ0n) is 18.6. The van der Waals surface area contributed by atoms with E-state index >= 15 is 0 Å². The van der Waals surface area contributed by atoms with Gasteiger partial charge in [0.25, 0.3) is 0 Å². The number of aliphatic imine (C=N–C) groups is 1. The molecule has 3 aromatic rings. The maximum atomic E-state index is 5.00. The number of likely N-dealkylation sites (N-methyl/N-ethyl adjacent to an activating group) is 1. The Bertz CT molecular complexity index is 1250. The molecule has 0 fully saturated rings. The maximum Gasteiger partial charge on any atom is 0.180 e. The molecule has 1 unspecified atom stereocenters. The summed E-state index contributed by atoms with van der Waals surface area (Å²) >= 11 is 0. The SMILES string of the molecule is CN1CC(c2cnc3c(Nc4ccc(N5C=NCC5)cc4)nc(C4=CCCNC4)cn23)C=N1. The van der Waals surface area contributed by atoms with Crippen molar-refractivity contribution in [1.82, 2.24) is 24.7 Å². The van der Waals surface area contributed by atoms with Gasteiger partial charge in [-0.3, -0.25) is 14.4 Å². The van der Waals surface area contributed by atoms with E-state index in [-0.39, 0.29) is 5.92 Å². The summed E-state index contributed by atoms with van der Waals surface area (Å²) in [6, 6.07) is 8.37. The first-order valence-electron chi connectivity index (χ1n) is 11.4. The van der Waals surface area contributed by atoms with Crippen molar-refractivity contribution in [2.24, 2.45) is 10.1 Å². The van der Waals surface area contributed by atoms with Gasteiger partial charge in [-0.2, -0.15) is 5.10 Å². The fourth-order valence-corrected chi connectivity index (χ4v) is 4.55. The third kappa shape index (κ3) is 3.84. The number of hydrazone groups is 1. The van der Waals surface area contributed by atoms with Gasteiger partial charge in [0.2, 0.25) is 0 Å². The lowest BCUT2D eigenvalue weighted by molar-refractivity contribution is 0.380. The predicted octanol–water partition coefficient (Wildman–Crippen LogP) is 2.71. The van der Waals surface area contributed by atoms with Gasteiger partial charge in [-0.05, 0) is 42.8 Å². The minimum atomic E-state index is 0.202. The van der Waals surface area contributed by atoms with E-state index in [1.807, 2.05) is 30.8 Å². The molecule has 2 N–H and O–H groups in total. The molecule has 3 aliphatic rings. The number of aromatic nitrogens is 3. The highest BCUT2D eigenvalue weighted by atomic mass is 15.4. The lowest BCUT2D eigenvalue weighted by atomic mass is 10.1. The van der Waals surface area contributed by atoms with Gasteiger partial charge in [-0.25, -0.2) is 9.97 Å². The van der Waals surface area contributed by atoms with Gasteiger partial charge in [0, 0.05) is 50.5 Å². The highest BCUT2D eigenvalue weighted by Gasteiger charge is 2.23. The smallest absolute Gasteiger partial charge is 0.180 e. The van der Waals surface area contributed by atoms with Crippen LogP contribution < -0.4 is 15.5 Å². The van der Waals surface area contributed by atoms with Crippen LogP contribution in [0.1, 0.15) is 23.7 Å². The van der Waals surface area contributed by atoms with E-state index in [2.05, 4.69) is 66.6 Å². The number of imidazole rings is 1. The second-order valence-electron chi connectivity index (χ2n) is 8.64. The third-order valence-corrected chi connectivity index (χ3v) is 6.31. The fraction of sp³-hybridized carbons (Fsp3) is 0.333. The largest absolute Gasteiger partial charge is 0.337 e. The Balaban J connectivity index is 1.38. The van der Waals surface area contributed by atoms with Crippen LogP contribution in [0.2, 0.25) is 0 Å². The molecule has 0 bridgehead atoms. The molecule has 5 heterocycles. The van der Waals surface area contributed by atoms with E-state index in [0.29, 0.717) is 0 Å². The molecule has 3 aliphatic heterocycles. The molecule has 0 radical (unpaired) electrons. The van der Waals surface area contributed by atoms with Crippen LogP contribution >= 0.6 is 0 Å². The Labute approximate surface area is 192 Å². The van der Waals surface area contributed by atoms with Gasteiger partial charge in [-0.1, -0.05) is 6.08 Å². The van der Waals surface area contributed by atoms with Crippen LogP contribution in [0.4, 0.5) is 17.2 Å². The van der Waals surface area contributed by atoms with E-state index in [1.165, 1.54) is 5.57 Å². The van der Waals surface area contributed by atoms with Crippen molar-refractivity contribution in [3.05, 3.63) is 54.1 Å². The van der Waals surface area contributed by atoms with Crippen molar-refractivity contribution in [2.75, 3.05) is 50.0 Å². The van der Waals surface area contributed by atoms with Crippen molar-refractivity contribution in [1.29, 1.82) is 0 Å². The predicted molar refractivity (Wildman–Crippen MR) is 133 cm³/mol. The first-order chi connectivity index (χ1) is 16.2. The highest BCUT2D eigenvalue weighted by molar-refractivity contribution is 5.82. The zero-order chi connectivity index (χ0) is 22.2. The molecule has 0 amide bonds. The molecule has 9 nitrogen and oxygen atoms in total. The second-order valence-corrected chi connectivity index (χ2v) is 8.64. The number of benzene rings is 1. The fourth-order valence-electron chi connectivity index (χ4n) is 4.55. The maximum absolute atomic E-state index is 5.00. The van der Waals surface area contributed by atoms with Crippen LogP contribution in [0.5, 0.6) is 0 Å². The molecule has 1 atom stereocenters. The number of hydrogen-bond donors (Lipinski definition) is 2. The molecule has 33 heavy (non-hydrogen) atoms. The van der Waals surface area contributed by atoms with Crippen molar-refractivity contribution in [3.63, 3.8) is 0 Å². The summed E-state index contributed by atoms with van der Waals surface area (Å²) in [4.78, 5) is 16.2. The van der Waals surface area contributed by atoms with Crippen LogP contribution in [0.3, 0.4) is 0 Å². The molecule has 0 saturated heterocycles. The van der Waals surface area contributed by atoms with Crippen LogP contribution in [-0.2, 0) is 0 Å². The Morgan fingerprint density at radius 1 is 1.18 bits per heavy atom. The molecule has 0 spiro atoms. The van der Waals surface area contributed by atoms with Crippen LogP contribution in [0.25, 0.3) is 11.2 Å². The van der Waals surface area contributed by atoms with Crippen molar-refractivity contribution >= 4 is 41.0 Å². The minimum Gasteiger partial charge on any atom is -0.337 e. The van der Waals surface area contributed by atoms with Crippen molar-refractivity contribution < 1.29 is 0 Å². The summed E-state index contributed by atoms with van der Waals surface area (Å²) in [6.07, 6.45) is 11.3. The lowest BCUT2D eigenvalue weighted by Gasteiger charge is -2.17. The molecule has 0 saturated carbocycles. The summed E-state index contributed by atoms with van der Waals surface area (Å²) in [5.41, 5.74) is 6.23. The molecular formula is C24H27N9. The summed E-state index contributed by atoms with van der Waals surface area (Å²) in [5.74, 6) is 0.956. The van der Waals surface area contributed by atoms with Crippen LogP contribution in [-0.4, -0.2) is 71.7 Å². The summed E-state index contributed by atoms with van der Waals surface area (Å²) < 4.78 is 2.17. The average molecular weight is 442 g/mol. The van der Waals surface area contributed by atoms with Gasteiger partial charge in [0.1, 0.15) is 0 Å². The third-order valence-electron chi connectivity index (χ3n) is 6.31. The topological polar surface area (TPSA) is 85.5 Å². The van der Waals surface area contributed by atoms with Gasteiger partial charge < -0.3 is 15.5 Å². The standard InChI is InChI=1S/C24H27N9/c1-31-14-18(12-28-31)22-13-27-24-23(30-21(15-33(22)24)17-3-2-8-25-11-17)29-19-4-6-20(7-5-19)32-10-9-26-16-32/h3-7,12-13,15-16,18,25H,2,8-11,14H2,1H3,(H,29,30). The number of anilines is 3. The Morgan fingerprint density at radius 2 is 2.09 bits per heavy atom. The summed E-state index contributed by atoms with van der Waals surface area (Å²) in [6.45, 7) is 4.45. The number of nitrogens with one attached hydrogen (secondary N) is 2. The molecule has 2 aromatic heterocycles. The Hall–Kier alpha value is -3.72. The molecule has 0 aliphatic carbocycles. The van der Waals surface area contributed by atoms with Gasteiger partial charge in [0.15, 0.2) is 11.5 Å². The van der Waals surface area contributed by atoms with E-state index in [1.54, 1.807) is 0 Å². The number of fused-ring (bicyclic) bond motifs is 1.